The van der Waals surface area contributed by atoms with E-state index in [-0.39, 0.29) is 0 Å². The Kier molecular flexibility index (Phi) is 2.50. The Balaban J connectivity index is 2.07. The molecule has 0 radical (unpaired) electrons. The first kappa shape index (κ1) is 7.34. The third-order valence-electron chi connectivity index (χ3n) is 1.59. The minimum absolute atomic E-state index is 0.326. The summed E-state index contributed by atoms with van der Waals surface area (Å²) < 4.78 is 4.60. The fraction of sp³-hybridized carbons (Fsp3) is 0.833. The first-order chi connectivity index (χ1) is 4.79. The molecule has 1 fully saturated rings. The zero-order valence-electron chi connectivity index (χ0n) is 5.80. The molecule has 1 aliphatic heterocycles. The van der Waals surface area contributed by atoms with Crippen molar-refractivity contribution in [1.82, 2.24) is 5.32 Å². The van der Waals surface area contributed by atoms with Crippen LogP contribution in [-0.2, 0) is 4.74 Å². The summed E-state index contributed by atoms with van der Waals surface area (Å²) in [5, 5.41) is 3.18. The van der Waals surface area contributed by atoms with Gasteiger partial charge in [0.25, 0.3) is 0 Å². The molecule has 3 N–H and O–H groups in total. The van der Waals surface area contributed by atoms with Crippen LogP contribution in [0.1, 0.15) is 12.8 Å². The van der Waals surface area contributed by atoms with Crippen molar-refractivity contribution in [3.05, 3.63) is 0 Å². The normalized spacial score (nSPS) is 24.6. The highest BCUT2D eigenvalue weighted by molar-refractivity contribution is 5.64. The van der Waals surface area contributed by atoms with Gasteiger partial charge in [-0.15, -0.1) is 0 Å². The van der Waals surface area contributed by atoms with Gasteiger partial charge in [-0.05, 0) is 19.4 Å². The van der Waals surface area contributed by atoms with Gasteiger partial charge >= 0.3 is 6.09 Å². The van der Waals surface area contributed by atoms with Gasteiger partial charge in [-0.1, -0.05) is 0 Å². The molecule has 10 heavy (non-hydrogen) atoms. The maximum Gasteiger partial charge on any atom is 0.404 e. The van der Waals surface area contributed by atoms with Crippen molar-refractivity contribution in [2.75, 3.05) is 13.2 Å². The monoisotopic (exact) mass is 144 g/mol. The van der Waals surface area contributed by atoms with Gasteiger partial charge in [-0.25, -0.2) is 4.79 Å². The second kappa shape index (κ2) is 3.41. The molecule has 1 aliphatic rings. The van der Waals surface area contributed by atoms with Crippen LogP contribution < -0.4 is 11.1 Å². The smallest absolute Gasteiger partial charge is 0.404 e. The lowest BCUT2D eigenvalue weighted by Gasteiger charge is -2.07. The van der Waals surface area contributed by atoms with Crippen LogP contribution in [-0.4, -0.2) is 25.3 Å². The molecule has 0 bridgehead atoms. The number of hydrogen-bond donors (Lipinski definition) is 2. The lowest BCUT2D eigenvalue weighted by atomic mass is 10.2. The maximum atomic E-state index is 10.1. The van der Waals surface area contributed by atoms with E-state index in [4.69, 9.17) is 5.73 Å². The number of nitrogens with two attached hydrogens (primary N) is 1. The van der Waals surface area contributed by atoms with E-state index in [9.17, 15) is 4.79 Å². The molecule has 1 saturated heterocycles. The summed E-state index contributed by atoms with van der Waals surface area (Å²) in [5.74, 6) is 0. The van der Waals surface area contributed by atoms with E-state index in [1.54, 1.807) is 0 Å². The SMILES string of the molecule is NC(=O)OC[C@H]1CCCN1. The standard InChI is InChI=1S/C6H12N2O2/c7-6(9)10-4-5-2-1-3-8-5/h5,8H,1-4H2,(H2,7,9)/t5-/m1/s1. The molecule has 0 saturated carbocycles. The third kappa shape index (κ3) is 2.23. The van der Waals surface area contributed by atoms with E-state index in [0.717, 1.165) is 19.4 Å². The highest BCUT2D eigenvalue weighted by atomic mass is 16.5. The van der Waals surface area contributed by atoms with Crippen LogP contribution in [0.2, 0.25) is 0 Å². The first-order valence-corrected chi connectivity index (χ1v) is 3.44. The molecule has 0 aliphatic carbocycles. The lowest BCUT2D eigenvalue weighted by molar-refractivity contribution is 0.146. The molecule has 0 aromatic rings. The Morgan fingerprint density at radius 3 is 3.10 bits per heavy atom. The van der Waals surface area contributed by atoms with Crippen molar-refractivity contribution in [1.29, 1.82) is 0 Å². The van der Waals surface area contributed by atoms with E-state index in [1.807, 2.05) is 0 Å². The van der Waals surface area contributed by atoms with Crippen molar-refractivity contribution in [3.8, 4) is 0 Å². The van der Waals surface area contributed by atoms with Gasteiger partial charge in [-0.2, -0.15) is 0 Å². The van der Waals surface area contributed by atoms with Crippen LogP contribution in [0.15, 0.2) is 0 Å². The summed E-state index contributed by atoms with van der Waals surface area (Å²) in [7, 11) is 0. The molecule has 4 heteroatoms. The molecule has 0 aromatic carbocycles. The largest absolute Gasteiger partial charge is 0.448 e. The van der Waals surface area contributed by atoms with Gasteiger partial charge in [0.1, 0.15) is 6.61 Å². The van der Waals surface area contributed by atoms with Crippen molar-refractivity contribution in [2.45, 2.75) is 18.9 Å². The van der Waals surface area contributed by atoms with Crippen LogP contribution >= 0.6 is 0 Å². The summed E-state index contributed by atoms with van der Waals surface area (Å²) in [5.41, 5.74) is 4.78. The topological polar surface area (TPSA) is 64.4 Å². The predicted molar refractivity (Wildman–Crippen MR) is 36.6 cm³/mol. The van der Waals surface area contributed by atoms with E-state index in [0.29, 0.717) is 12.6 Å². The summed E-state index contributed by atoms with van der Waals surface area (Å²) in [6.07, 6.45) is 1.55. The van der Waals surface area contributed by atoms with Gasteiger partial charge < -0.3 is 15.8 Å². The molecule has 1 heterocycles. The number of rotatable bonds is 2. The van der Waals surface area contributed by atoms with E-state index in [1.165, 1.54) is 0 Å². The molecule has 1 atom stereocenters. The Morgan fingerprint density at radius 2 is 2.60 bits per heavy atom. The second-order valence-corrected chi connectivity index (χ2v) is 2.42. The minimum atomic E-state index is -0.686. The Bertz CT molecular complexity index is 121. The van der Waals surface area contributed by atoms with Gasteiger partial charge in [0.05, 0.1) is 0 Å². The highest BCUT2D eigenvalue weighted by Gasteiger charge is 2.14. The number of carbonyl (C=O) groups excluding carboxylic acids is 1. The Hall–Kier alpha value is -0.770. The number of amides is 1. The van der Waals surface area contributed by atoms with Gasteiger partial charge in [0.15, 0.2) is 0 Å². The molecular formula is C6H12N2O2. The average Bonchev–Trinajstić information content (AvgIpc) is 2.34. The zero-order valence-corrected chi connectivity index (χ0v) is 5.80. The van der Waals surface area contributed by atoms with E-state index >= 15 is 0 Å². The number of carbonyl (C=O) groups is 1. The van der Waals surface area contributed by atoms with Crippen LogP contribution in [0.5, 0.6) is 0 Å². The summed E-state index contributed by atoms with van der Waals surface area (Å²) in [6.45, 7) is 1.43. The lowest BCUT2D eigenvalue weighted by Crippen LogP contribution is -2.29. The van der Waals surface area contributed by atoms with Crippen molar-refractivity contribution in [2.24, 2.45) is 5.73 Å². The molecule has 0 spiro atoms. The number of nitrogens with one attached hydrogen (secondary N) is 1. The van der Waals surface area contributed by atoms with Crippen LogP contribution in [0, 0.1) is 0 Å². The second-order valence-electron chi connectivity index (χ2n) is 2.42. The molecule has 0 unspecified atom stereocenters. The molecule has 4 nitrogen and oxygen atoms in total. The van der Waals surface area contributed by atoms with E-state index in [2.05, 4.69) is 10.1 Å². The maximum absolute atomic E-state index is 10.1. The summed E-state index contributed by atoms with van der Waals surface area (Å²) in [6, 6.07) is 0.326. The first-order valence-electron chi connectivity index (χ1n) is 3.44. The summed E-state index contributed by atoms with van der Waals surface area (Å²) in [4.78, 5) is 10.1. The molecule has 1 rings (SSSR count). The molecular weight excluding hydrogens is 132 g/mol. The van der Waals surface area contributed by atoms with Crippen molar-refractivity contribution in [3.63, 3.8) is 0 Å². The van der Waals surface area contributed by atoms with Gasteiger partial charge in [-0.3, -0.25) is 0 Å². The highest BCUT2D eigenvalue weighted by Crippen LogP contribution is 2.04. The van der Waals surface area contributed by atoms with Crippen molar-refractivity contribution < 1.29 is 9.53 Å². The van der Waals surface area contributed by atoms with E-state index < -0.39 is 6.09 Å². The third-order valence-corrected chi connectivity index (χ3v) is 1.59. The predicted octanol–water partition coefficient (Wildman–Crippen LogP) is -0.166. The van der Waals surface area contributed by atoms with Crippen molar-refractivity contribution >= 4 is 6.09 Å². The molecule has 58 valence electrons. The number of primary amides is 1. The van der Waals surface area contributed by atoms with Crippen LogP contribution in [0.25, 0.3) is 0 Å². The zero-order chi connectivity index (χ0) is 7.40. The van der Waals surface area contributed by atoms with Gasteiger partial charge in [0.2, 0.25) is 0 Å². The quantitative estimate of drug-likeness (QED) is 0.565. The average molecular weight is 144 g/mol. The fourth-order valence-electron chi connectivity index (χ4n) is 1.08. The number of ether oxygens (including phenoxy) is 1. The van der Waals surface area contributed by atoms with Crippen LogP contribution in [0.4, 0.5) is 4.79 Å². The fourth-order valence-corrected chi connectivity index (χ4v) is 1.08. The molecule has 0 aromatic heterocycles. The Labute approximate surface area is 59.7 Å². The Morgan fingerprint density at radius 1 is 1.80 bits per heavy atom. The van der Waals surface area contributed by atoms with Crippen LogP contribution in [0.3, 0.4) is 0 Å². The minimum Gasteiger partial charge on any atom is -0.448 e. The molecule has 1 amide bonds. The van der Waals surface area contributed by atoms with Gasteiger partial charge in [0, 0.05) is 6.04 Å². The summed E-state index contributed by atoms with van der Waals surface area (Å²) >= 11 is 0. The number of hydrogen-bond acceptors (Lipinski definition) is 3.